The quantitative estimate of drug-likeness (QED) is 0.484. The van der Waals surface area contributed by atoms with Crippen molar-refractivity contribution < 1.29 is 4.79 Å². The van der Waals surface area contributed by atoms with Crippen LogP contribution in [0.25, 0.3) is 0 Å². The molecule has 0 radical (unpaired) electrons. The zero-order valence-electron chi connectivity index (χ0n) is 7.35. The second kappa shape index (κ2) is 5.71. The molecular weight excluding hydrogens is 138 g/mol. The number of likely N-dealkylation sites (N-methyl/N-ethyl adjacent to an activating group) is 1. The van der Waals surface area contributed by atoms with Gasteiger partial charge in [0.15, 0.2) is 0 Å². The molecule has 0 saturated heterocycles. The van der Waals surface area contributed by atoms with Gasteiger partial charge in [0.05, 0.1) is 0 Å². The van der Waals surface area contributed by atoms with E-state index in [0.717, 1.165) is 6.42 Å². The minimum atomic E-state index is -0.0304. The van der Waals surface area contributed by atoms with E-state index < -0.39 is 0 Å². The first-order valence-corrected chi connectivity index (χ1v) is 3.81. The van der Waals surface area contributed by atoms with Crippen molar-refractivity contribution in [2.45, 2.75) is 20.3 Å². The first-order valence-electron chi connectivity index (χ1n) is 3.81. The standard InChI is InChI=1S/C9H15NO/c1-4-6-7-8(5-2)9(11)10-3/h5-7H,4H2,1-3H3,(H,10,11)/b7-6-,8-5+. The van der Waals surface area contributed by atoms with E-state index in [1.807, 2.05) is 26.0 Å². The molecule has 0 aliphatic heterocycles. The van der Waals surface area contributed by atoms with Gasteiger partial charge in [0.2, 0.25) is 0 Å². The van der Waals surface area contributed by atoms with E-state index in [0.29, 0.717) is 5.57 Å². The fourth-order valence-corrected chi connectivity index (χ4v) is 0.692. The van der Waals surface area contributed by atoms with Crippen molar-refractivity contribution in [3.05, 3.63) is 23.8 Å². The van der Waals surface area contributed by atoms with Crippen LogP contribution in [-0.4, -0.2) is 13.0 Å². The van der Waals surface area contributed by atoms with Crippen molar-refractivity contribution in [1.29, 1.82) is 0 Å². The molecule has 0 rings (SSSR count). The molecule has 0 aliphatic carbocycles. The van der Waals surface area contributed by atoms with E-state index in [9.17, 15) is 4.79 Å². The van der Waals surface area contributed by atoms with Gasteiger partial charge in [-0.3, -0.25) is 4.79 Å². The Kier molecular flexibility index (Phi) is 5.17. The molecule has 0 aliphatic rings. The first-order chi connectivity index (χ1) is 5.26. The molecule has 11 heavy (non-hydrogen) atoms. The number of hydrogen-bond donors (Lipinski definition) is 1. The van der Waals surface area contributed by atoms with E-state index in [-0.39, 0.29) is 5.91 Å². The molecular formula is C9H15NO. The zero-order valence-corrected chi connectivity index (χ0v) is 7.35. The average Bonchev–Trinajstić information content (AvgIpc) is 2.05. The summed E-state index contributed by atoms with van der Waals surface area (Å²) in [6.07, 6.45) is 6.54. The fraction of sp³-hybridized carbons (Fsp3) is 0.444. The number of carbonyl (C=O) groups excluding carboxylic acids is 1. The van der Waals surface area contributed by atoms with Gasteiger partial charge in [0.25, 0.3) is 5.91 Å². The van der Waals surface area contributed by atoms with Crippen LogP contribution in [-0.2, 0) is 4.79 Å². The second-order valence-electron chi connectivity index (χ2n) is 2.13. The lowest BCUT2D eigenvalue weighted by Gasteiger charge is -1.97. The van der Waals surface area contributed by atoms with E-state index in [1.165, 1.54) is 0 Å². The summed E-state index contributed by atoms with van der Waals surface area (Å²) in [5.74, 6) is -0.0304. The highest BCUT2D eigenvalue weighted by Crippen LogP contribution is 1.97. The molecule has 0 saturated carbocycles. The number of nitrogens with one attached hydrogen (secondary N) is 1. The van der Waals surface area contributed by atoms with Gasteiger partial charge in [-0.2, -0.15) is 0 Å². The largest absolute Gasteiger partial charge is 0.355 e. The summed E-state index contributed by atoms with van der Waals surface area (Å²) in [7, 11) is 1.63. The van der Waals surface area contributed by atoms with Gasteiger partial charge < -0.3 is 5.32 Å². The van der Waals surface area contributed by atoms with Crippen LogP contribution in [0.15, 0.2) is 23.8 Å². The van der Waals surface area contributed by atoms with Gasteiger partial charge in [-0.05, 0) is 13.3 Å². The minimum absolute atomic E-state index is 0.0304. The van der Waals surface area contributed by atoms with E-state index in [2.05, 4.69) is 5.32 Å². The van der Waals surface area contributed by atoms with Gasteiger partial charge in [0.1, 0.15) is 0 Å². The molecule has 1 amide bonds. The molecule has 0 fully saturated rings. The lowest BCUT2D eigenvalue weighted by molar-refractivity contribution is -0.116. The summed E-state index contributed by atoms with van der Waals surface area (Å²) in [5.41, 5.74) is 0.717. The summed E-state index contributed by atoms with van der Waals surface area (Å²) in [4.78, 5) is 11.0. The van der Waals surface area contributed by atoms with Crippen LogP contribution in [0.5, 0.6) is 0 Å². The predicted octanol–water partition coefficient (Wildman–Crippen LogP) is 1.64. The number of carbonyl (C=O) groups is 1. The third-order valence-electron chi connectivity index (χ3n) is 1.33. The maximum Gasteiger partial charge on any atom is 0.250 e. The van der Waals surface area contributed by atoms with Crippen LogP contribution in [0.1, 0.15) is 20.3 Å². The molecule has 0 aromatic rings. The maximum atomic E-state index is 11.0. The van der Waals surface area contributed by atoms with Crippen molar-refractivity contribution in [3.63, 3.8) is 0 Å². The number of hydrogen-bond acceptors (Lipinski definition) is 1. The van der Waals surface area contributed by atoms with Crippen molar-refractivity contribution in [1.82, 2.24) is 5.32 Å². The third-order valence-corrected chi connectivity index (χ3v) is 1.33. The maximum absolute atomic E-state index is 11.0. The summed E-state index contributed by atoms with van der Waals surface area (Å²) < 4.78 is 0. The van der Waals surface area contributed by atoms with Crippen molar-refractivity contribution >= 4 is 5.91 Å². The Hall–Kier alpha value is -1.05. The van der Waals surface area contributed by atoms with E-state index >= 15 is 0 Å². The Bertz CT molecular complexity index is 180. The summed E-state index contributed by atoms with van der Waals surface area (Å²) >= 11 is 0. The van der Waals surface area contributed by atoms with Crippen molar-refractivity contribution in [3.8, 4) is 0 Å². The molecule has 1 N–H and O–H groups in total. The van der Waals surface area contributed by atoms with Gasteiger partial charge in [-0.25, -0.2) is 0 Å². The first kappa shape index (κ1) is 9.95. The highest BCUT2D eigenvalue weighted by molar-refractivity contribution is 5.95. The zero-order chi connectivity index (χ0) is 8.69. The molecule has 0 aromatic carbocycles. The number of allylic oxidation sites excluding steroid dienone is 2. The van der Waals surface area contributed by atoms with Crippen LogP contribution in [0.3, 0.4) is 0 Å². The lowest BCUT2D eigenvalue weighted by Crippen LogP contribution is -2.18. The van der Waals surface area contributed by atoms with E-state index in [1.54, 1.807) is 13.1 Å². The lowest BCUT2D eigenvalue weighted by atomic mass is 10.2. The van der Waals surface area contributed by atoms with Crippen LogP contribution < -0.4 is 5.32 Å². The Morgan fingerprint density at radius 1 is 1.55 bits per heavy atom. The SMILES string of the molecule is C/C=C(\C=C/CC)C(=O)NC. The predicted molar refractivity (Wildman–Crippen MR) is 47.3 cm³/mol. The van der Waals surface area contributed by atoms with Crippen molar-refractivity contribution in [2.75, 3.05) is 7.05 Å². The number of rotatable bonds is 3. The number of amides is 1. The summed E-state index contributed by atoms with van der Waals surface area (Å²) in [6, 6.07) is 0. The molecule has 2 heteroatoms. The minimum Gasteiger partial charge on any atom is -0.355 e. The Morgan fingerprint density at radius 2 is 2.18 bits per heavy atom. The Morgan fingerprint density at radius 3 is 2.55 bits per heavy atom. The van der Waals surface area contributed by atoms with Gasteiger partial charge in [0, 0.05) is 12.6 Å². The highest BCUT2D eigenvalue weighted by Gasteiger charge is 1.99. The van der Waals surface area contributed by atoms with Gasteiger partial charge in [-0.15, -0.1) is 0 Å². The third kappa shape index (κ3) is 3.61. The molecule has 0 spiro atoms. The van der Waals surface area contributed by atoms with Gasteiger partial charge in [-0.1, -0.05) is 25.2 Å². The molecule has 2 nitrogen and oxygen atoms in total. The Balaban J connectivity index is 4.19. The highest BCUT2D eigenvalue weighted by atomic mass is 16.1. The van der Waals surface area contributed by atoms with Crippen molar-refractivity contribution in [2.24, 2.45) is 0 Å². The Labute approximate surface area is 68.0 Å². The molecule has 0 heterocycles. The van der Waals surface area contributed by atoms with Crippen LogP contribution in [0, 0.1) is 0 Å². The van der Waals surface area contributed by atoms with Crippen LogP contribution in [0.4, 0.5) is 0 Å². The van der Waals surface area contributed by atoms with Crippen LogP contribution >= 0.6 is 0 Å². The monoisotopic (exact) mass is 153 g/mol. The fourth-order valence-electron chi connectivity index (χ4n) is 0.692. The summed E-state index contributed by atoms with van der Waals surface area (Å²) in [6.45, 7) is 3.89. The molecule has 0 bridgehead atoms. The van der Waals surface area contributed by atoms with Crippen LogP contribution in [0.2, 0.25) is 0 Å². The molecule has 0 aromatic heterocycles. The summed E-state index contributed by atoms with van der Waals surface area (Å²) in [5, 5.41) is 2.57. The molecule has 0 atom stereocenters. The topological polar surface area (TPSA) is 29.1 Å². The van der Waals surface area contributed by atoms with Gasteiger partial charge >= 0.3 is 0 Å². The molecule has 62 valence electrons. The smallest absolute Gasteiger partial charge is 0.250 e. The average molecular weight is 153 g/mol. The molecule has 0 unspecified atom stereocenters. The van der Waals surface area contributed by atoms with E-state index in [4.69, 9.17) is 0 Å². The second-order valence-corrected chi connectivity index (χ2v) is 2.13. The normalized spacial score (nSPS) is 12.1.